The molecule has 0 unspecified atom stereocenters. The Morgan fingerprint density at radius 3 is 2.45 bits per heavy atom. The number of para-hydroxylation sites is 2. The van der Waals surface area contributed by atoms with Gasteiger partial charge in [-0.05, 0) is 49.7 Å². The summed E-state index contributed by atoms with van der Waals surface area (Å²) in [6.45, 7) is 4.20. The van der Waals surface area contributed by atoms with Gasteiger partial charge in [0.05, 0.1) is 22.8 Å². The van der Waals surface area contributed by atoms with E-state index in [2.05, 4.69) is 10.0 Å². The van der Waals surface area contributed by atoms with Crippen LogP contribution in [-0.2, 0) is 16.6 Å². The molecule has 0 heterocycles. The number of carbonyl (C=O) groups excluding carboxylic acids is 1. The van der Waals surface area contributed by atoms with Crippen LogP contribution < -0.4 is 14.8 Å². The van der Waals surface area contributed by atoms with E-state index in [1.54, 1.807) is 31.2 Å². The zero-order chi connectivity index (χ0) is 22.4. The van der Waals surface area contributed by atoms with Crippen molar-refractivity contribution in [1.82, 2.24) is 4.72 Å². The van der Waals surface area contributed by atoms with Gasteiger partial charge in [0.15, 0.2) is 0 Å². The third-order valence-corrected chi connectivity index (χ3v) is 5.91. The second kappa shape index (κ2) is 9.72. The molecule has 0 saturated heterocycles. The van der Waals surface area contributed by atoms with Crippen LogP contribution in [0.5, 0.6) is 5.75 Å². The van der Waals surface area contributed by atoms with Crippen molar-refractivity contribution in [2.24, 2.45) is 0 Å². The molecule has 31 heavy (non-hydrogen) atoms. The Morgan fingerprint density at radius 2 is 1.74 bits per heavy atom. The van der Waals surface area contributed by atoms with Gasteiger partial charge in [-0.25, -0.2) is 17.5 Å². The van der Waals surface area contributed by atoms with Crippen molar-refractivity contribution in [2.45, 2.75) is 25.3 Å². The van der Waals surface area contributed by atoms with Crippen LogP contribution >= 0.6 is 0 Å². The van der Waals surface area contributed by atoms with E-state index in [-0.39, 0.29) is 17.0 Å². The maximum atomic E-state index is 14.3. The van der Waals surface area contributed by atoms with Gasteiger partial charge in [-0.1, -0.05) is 42.0 Å². The summed E-state index contributed by atoms with van der Waals surface area (Å²) in [4.78, 5) is 12.5. The molecule has 1 amide bonds. The number of aryl methyl sites for hydroxylation is 1. The lowest BCUT2D eigenvalue weighted by Gasteiger charge is -2.13. The largest absolute Gasteiger partial charge is 0.492 e. The molecule has 6 nitrogen and oxygen atoms in total. The molecule has 0 saturated carbocycles. The molecule has 0 bridgehead atoms. The fourth-order valence-electron chi connectivity index (χ4n) is 2.85. The summed E-state index contributed by atoms with van der Waals surface area (Å²) in [7, 11) is -3.95. The summed E-state index contributed by atoms with van der Waals surface area (Å²) in [6.07, 6.45) is 0. The highest BCUT2D eigenvalue weighted by Crippen LogP contribution is 2.25. The molecule has 8 heteroatoms. The SMILES string of the molecule is CCOc1ccccc1NC(=O)c1cc(S(=O)(=O)NCc2ccc(C)cc2)ccc1F. The van der Waals surface area contributed by atoms with Crippen molar-refractivity contribution in [2.75, 3.05) is 11.9 Å². The van der Waals surface area contributed by atoms with Crippen LogP contribution in [0.4, 0.5) is 10.1 Å². The van der Waals surface area contributed by atoms with Crippen molar-refractivity contribution in [3.05, 3.63) is 89.2 Å². The Balaban J connectivity index is 1.80. The molecule has 0 aliphatic carbocycles. The third kappa shape index (κ3) is 5.68. The van der Waals surface area contributed by atoms with E-state index in [4.69, 9.17) is 4.74 Å². The smallest absolute Gasteiger partial charge is 0.258 e. The molecule has 3 aromatic rings. The van der Waals surface area contributed by atoms with Crippen LogP contribution in [0.3, 0.4) is 0 Å². The molecular formula is C23H23FN2O4S. The topological polar surface area (TPSA) is 84.5 Å². The molecule has 0 atom stereocenters. The molecule has 0 radical (unpaired) electrons. The Labute approximate surface area is 181 Å². The molecular weight excluding hydrogens is 419 g/mol. The second-order valence-electron chi connectivity index (χ2n) is 6.84. The van der Waals surface area contributed by atoms with Gasteiger partial charge in [-0.3, -0.25) is 4.79 Å². The van der Waals surface area contributed by atoms with Gasteiger partial charge in [0.1, 0.15) is 11.6 Å². The van der Waals surface area contributed by atoms with Crippen LogP contribution in [0.25, 0.3) is 0 Å². The fourth-order valence-corrected chi connectivity index (χ4v) is 3.90. The Morgan fingerprint density at radius 1 is 1.03 bits per heavy atom. The normalized spacial score (nSPS) is 11.2. The number of hydrogen-bond donors (Lipinski definition) is 2. The summed E-state index contributed by atoms with van der Waals surface area (Å²) in [5.74, 6) is -1.17. The fraction of sp³-hybridized carbons (Fsp3) is 0.174. The summed E-state index contributed by atoms with van der Waals surface area (Å²) in [5.41, 5.74) is 1.82. The monoisotopic (exact) mass is 442 g/mol. The summed E-state index contributed by atoms with van der Waals surface area (Å²) < 4.78 is 47.6. The van der Waals surface area contributed by atoms with E-state index in [0.29, 0.717) is 18.0 Å². The number of hydrogen-bond acceptors (Lipinski definition) is 4. The minimum atomic E-state index is -3.95. The quantitative estimate of drug-likeness (QED) is 0.546. The zero-order valence-corrected chi connectivity index (χ0v) is 18.0. The van der Waals surface area contributed by atoms with E-state index in [1.807, 2.05) is 31.2 Å². The predicted molar refractivity (Wildman–Crippen MR) is 117 cm³/mol. The lowest BCUT2D eigenvalue weighted by Crippen LogP contribution is -2.24. The number of benzene rings is 3. The van der Waals surface area contributed by atoms with Crippen molar-refractivity contribution < 1.29 is 22.3 Å². The number of sulfonamides is 1. The summed E-state index contributed by atoms with van der Waals surface area (Å²) in [5, 5.41) is 2.58. The second-order valence-corrected chi connectivity index (χ2v) is 8.60. The maximum absolute atomic E-state index is 14.3. The number of carbonyl (C=O) groups is 1. The molecule has 0 fully saturated rings. The van der Waals surface area contributed by atoms with E-state index in [9.17, 15) is 17.6 Å². The summed E-state index contributed by atoms with van der Waals surface area (Å²) >= 11 is 0. The average molecular weight is 443 g/mol. The van der Waals surface area contributed by atoms with Gasteiger partial charge in [-0.15, -0.1) is 0 Å². The zero-order valence-electron chi connectivity index (χ0n) is 17.2. The molecule has 0 aromatic heterocycles. The summed E-state index contributed by atoms with van der Waals surface area (Å²) in [6, 6.07) is 17.2. The lowest BCUT2D eigenvalue weighted by molar-refractivity contribution is 0.102. The number of amides is 1. The Bertz CT molecular complexity index is 1180. The first-order chi connectivity index (χ1) is 14.8. The average Bonchev–Trinajstić information content (AvgIpc) is 2.75. The van der Waals surface area contributed by atoms with Crippen molar-refractivity contribution >= 4 is 21.6 Å². The first kappa shape index (κ1) is 22.5. The first-order valence-corrected chi connectivity index (χ1v) is 11.2. The first-order valence-electron chi connectivity index (χ1n) is 9.68. The van der Waals surface area contributed by atoms with Gasteiger partial charge in [0.2, 0.25) is 10.0 Å². The minimum absolute atomic E-state index is 0.0727. The molecule has 2 N–H and O–H groups in total. The van der Waals surface area contributed by atoms with E-state index >= 15 is 0 Å². The molecule has 0 aliphatic heterocycles. The van der Waals surface area contributed by atoms with Crippen LogP contribution in [0.15, 0.2) is 71.6 Å². The van der Waals surface area contributed by atoms with Gasteiger partial charge in [0, 0.05) is 6.54 Å². The Hall–Kier alpha value is -3.23. The molecule has 3 rings (SSSR count). The Kier molecular flexibility index (Phi) is 7.04. The highest BCUT2D eigenvalue weighted by Gasteiger charge is 2.20. The van der Waals surface area contributed by atoms with E-state index in [0.717, 1.165) is 29.3 Å². The molecule has 0 spiro atoms. The van der Waals surface area contributed by atoms with Crippen LogP contribution in [0.2, 0.25) is 0 Å². The van der Waals surface area contributed by atoms with Crippen molar-refractivity contribution in [3.63, 3.8) is 0 Å². The van der Waals surface area contributed by atoms with Crippen LogP contribution in [0, 0.1) is 12.7 Å². The van der Waals surface area contributed by atoms with Gasteiger partial charge in [0.25, 0.3) is 5.91 Å². The van der Waals surface area contributed by atoms with E-state index < -0.39 is 21.7 Å². The number of nitrogens with one attached hydrogen (secondary N) is 2. The third-order valence-electron chi connectivity index (χ3n) is 4.51. The number of anilines is 1. The van der Waals surface area contributed by atoms with Crippen molar-refractivity contribution in [3.8, 4) is 5.75 Å². The van der Waals surface area contributed by atoms with Gasteiger partial charge < -0.3 is 10.1 Å². The number of ether oxygens (including phenoxy) is 1. The molecule has 3 aromatic carbocycles. The number of rotatable bonds is 8. The van der Waals surface area contributed by atoms with Gasteiger partial charge >= 0.3 is 0 Å². The maximum Gasteiger partial charge on any atom is 0.258 e. The predicted octanol–water partition coefficient (Wildman–Crippen LogP) is 4.26. The number of halogens is 1. The van der Waals surface area contributed by atoms with Crippen LogP contribution in [-0.4, -0.2) is 20.9 Å². The molecule has 0 aliphatic rings. The minimum Gasteiger partial charge on any atom is -0.492 e. The standard InChI is InChI=1S/C23H23FN2O4S/c1-3-30-22-7-5-4-6-21(22)26-23(27)19-14-18(12-13-20(19)24)31(28,29)25-15-17-10-8-16(2)9-11-17/h4-14,25H,3,15H2,1-2H3,(H,26,27). The lowest BCUT2D eigenvalue weighted by atomic mass is 10.2. The van der Waals surface area contributed by atoms with Crippen LogP contribution in [0.1, 0.15) is 28.4 Å². The highest BCUT2D eigenvalue weighted by atomic mass is 32.2. The van der Waals surface area contributed by atoms with Gasteiger partial charge in [-0.2, -0.15) is 0 Å². The molecule has 162 valence electrons. The van der Waals surface area contributed by atoms with E-state index in [1.165, 1.54) is 0 Å². The highest BCUT2D eigenvalue weighted by molar-refractivity contribution is 7.89. The van der Waals surface area contributed by atoms with Crippen molar-refractivity contribution in [1.29, 1.82) is 0 Å².